The van der Waals surface area contributed by atoms with E-state index in [1.165, 1.54) is 6.92 Å². The molecule has 0 aromatic heterocycles. The molecule has 5 atom stereocenters. The highest BCUT2D eigenvalue weighted by molar-refractivity contribution is 5.68. The van der Waals surface area contributed by atoms with Crippen molar-refractivity contribution < 1.29 is 57.4 Å². The molecule has 0 saturated carbocycles. The van der Waals surface area contributed by atoms with E-state index in [2.05, 4.69) is 0 Å². The van der Waals surface area contributed by atoms with E-state index < -0.39 is 54.6 Å². The lowest BCUT2D eigenvalue weighted by molar-refractivity contribution is -0.309. The number of aliphatic hydroxyl groups is 1. The molecule has 0 amide bonds. The van der Waals surface area contributed by atoms with E-state index in [1.54, 1.807) is 0 Å². The molecular weight excluding hydrogens is 408 g/mol. The lowest BCUT2D eigenvalue weighted by Gasteiger charge is -2.44. The largest absolute Gasteiger partial charge is 0.463 e. The van der Waals surface area contributed by atoms with Crippen LogP contribution < -0.4 is 0 Å². The molecule has 0 aromatic rings. The molecule has 1 heterocycles. The van der Waals surface area contributed by atoms with Gasteiger partial charge in [0.25, 0.3) is 0 Å². The van der Waals surface area contributed by atoms with Crippen LogP contribution in [-0.4, -0.2) is 92.7 Å². The predicted molar refractivity (Wildman–Crippen MR) is 95.8 cm³/mol. The molecule has 0 spiro atoms. The number of hydrogen-bond donors (Lipinski definition) is 1. The van der Waals surface area contributed by atoms with Gasteiger partial charge in [0.2, 0.25) is 0 Å². The van der Waals surface area contributed by atoms with E-state index >= 15 is 0 Å². The van der Waals surface area contributed by atoms with Gasteiger partial charge >= 0.3 is 23.9 Å². The summed E-state index contributed by atoms with van der Waals surface area (Å²) >= 11 is 0. The molecule has 1 fully saturated rings. The standard InChI is InChI=1S/C18H28O12/c1-10(20)26-9-14-15(27-11(2)21)16(28-12(3)22)17(29-13(4)23)18(30-14)25-8-7-24-6-5-19/h14-19H,5-9H2,1-4H3/t14-,15-,16+,17-,18+/m1/s1. The number of carbonyl (C=O) groups is 4. The molecule has 12 heteroatoms. The van der Waals surface area contributed by atoms with Crippen LogP contribution in [-0.2, 0) is 52.3 Å². The first-order valence-electron chi connectivity index (χ1n) is 9.26. The zero-order valence-electron chi connectivity index (χ0n) is 17.4. The molecule has 0 unspecified atom stereocenters. The number of aliphatic hydroxyl groups excluding tert-OH is 1. The Hall–Kier alpha value is -2.28. The summed E-state index contributed by atoms with van der Waals surface area (Å²) < 4.78 is 37.1. The summed E-state index contributed by atoms with van der Waals surface area (Å²) in [6.07, 6.45) is -6.11. The number of carbonyl (C=O) groups excluding carboxylic acids is 4. The van der Waals surface area contributed by atoms with E-state index in [9.17, 15) is 19.2 Å². The van der Waals surface area contributed by atoms with Crippen LogP contribution in [0.15, 0.2) is 0 Å². The molecule has 1 rings (SSSR count). The number of ether oxygens (including phenoxy) is 7. The van der Waals surface area contributed by atoms with Crippen molar-refractivity contribution >= 4 is 23.9 Å². The Morgan fingerprint density at radius 2 is 1.33 bits per heavy atom. The van der Waals surface area contributed by atoms with Crippen molar-refractivity contribution in [2.45, 2.75) is 58.4 Å². The number of esters is 4. The summed E-state index contributed by atoms with van der Waals surface area (Å²) in [5, 5.41) is 8.73. The molecule has 0 aliphatic carbocycles. The molecule has 1 saturated heterocycles. The fourth-order valence-electron chi connectivity index (χ4n) is 2.71. The second-order valence-electron chi connectivity index (χ2n) is 6.27. The molecule has 12 nitrogen and oxygen atoms in total. The molecular formula is C18H28O12. The van der Waals surface area contributed by atoms with Gasteiger partial charge in [-0.05, 0) is 0 Å². The van der Waals surface area contributed by atoms with Gasteiger partial charge in [-0.1, -0.05) is 0 Å². The first-order chi connectivity index (χ1) is 14.1. The van der Waals surface area contributed by atoms with Crippen LogP contribution in [0.2, 0.25) is 0 Å². The number of rotatable bonds is 11. The summed E-state index contributed by atoms with van der Waals surface area (Å²) in [6, 6.07) is 0. The van der Waals surface area contributed by atoms with Gasteiger partial charge in [-0.2, -0.15) is 0 Å². The Labute approximate surface area is 173 Å². The van der Waals surface area contributed by atoms with E-state index in [1.807, 2.05) is 0 Å². The van der Waals surface area contributed by atoms with E-state index in [0.29, 0.717) is 0 Å². The first kappa shape index (κ1) is 25.8. The molecule has 30 heavy (non-hydrogen) atoms. The Morgan fingerprint density at radius 3 is 1.87 bits per heavy atom. The van der Waals surface area contributed by atoms with Gasteiger partial charge in [0.1, 0.15) is 12.7 Å². The Balaban J connectivity index is 3.13. The first-order valence-corrected chi connectivity index (χ1v) is 9.26. The van der Waals surface area contributed by atoms with Crippen LogP contribution in [0, 0.1) is 0 Å². The van der Waals surface area contributed by atoms with E-state index in [4.69, 9.17) is 38.3 Å². The van der Waals surface area contributed by atoms with Gasteiger partial charge in [-0.25, -0.2) is 0 Å². The van der Waals surface area contributed by atoms with Crippen molar-refractivity contribution in [3.63, 3.8) is 0 Å². The van der Waals surface area contributed by atoms with Crippen LogP contribution in [0.1, 0.15) is 27.7 Å². The van der Waals surface area contributed by atoms with Gasteiger partial charge in [-0.15, -0.1) is 0 Å². The fraction of sp³-hybridized carbons (Fsp3) is 0.778. The van der Waals surface area contributed by atoms with E-state index in [-0.39, 0.29) is 33.0 Å². The second-order valence-corrected chi connectivity index (χ2v) is 6.27. The zero-order valence-corrected chi connectivity index (χ0v) is 17.4. The Bertz CT molecular complexity index is 592. The zero-order chi connectivity index (χ0) is 22.7. The van der Waals surface area contributed by atoms with E-state index in [0.717, 1.165) is 20.8 Å². The SMILES string of the molecule is CC(=O)OC[C@H]1O[C@H](OCCOCCO)[C@H](OC(C)=O)[C@@H](OC(C)=O)[C@@H]1OC(C)=O. The lowest BCUT2D eigenvalue weighted by Crippen LogP contribution is -2.63. The molecule has 1 N–H and O–H groups in total. The predicted octanol–water partition coefficient (Wildman–Crippen LogP) is -0.905. The summed E-state index contributed by atoms with van der Waals surface area (Å²) in [5.41, 5.74) is 0. The summed E-state index contributed by atoms with van der Waals surface area (Å²) in [5.74, 6) is -2.77. The van der Waals surface area contributed by atoms with Crippen LogP contribution in [0.3, 0.4) is 0 Å². The van der Waals surface area contributed by atoms with Gasteiger partial charge in [-0.3, -0.25) is 19.2 Å². The average Bonchev–Trinajstić information content (AvgIpc) is 2.63. The third kappa shape index (κ3) is 9.03. The van der Waals surface area contributed by atoms with Crippen molar-refractivity contribution in [1.82, 2.24) is 0 Å². The monoisotopic (exact) mass is 436 g/mol. The van der Waals surface area contributed by atoms with Crippen LogP contribution in [0.25, 0.3) is 0 Å². The van der Waals surface area contributed by atoms with Crippen LogP contribution in [0.4, 0.5) is 0 Å². The molecule has 172 valence electrons. The van der Waals surface area contributed by atoms with Gasteiger partial charge in [0.15, 0.2) is 24.6 Å². The van der Waals surface area contributed by atoms with Gasteiger partial charge in [0.05, 0.1) is 26.4 Å². The third-order valence-electron chi connectivity index (χ3n) is 3.69. The maximum atomic E-state index is 11.7. The minimum Gasteiger partial charge on any atom is -0.463 e. The smallest absolute Gasteiger partial charge is 0.303 e. The summed E-state index contributed by atoms with van der Waals surface area (Å²) in [4.78, 5) is 46.1. The minimum atomic E-state index is -1.28. The summed E-state index contributed by atoms with van der Waals surface area (Å²) in [7, 11) is 0. The van der Waals surface area contributed by atoms with Crippen molar-refractivity contribution in [1.29, 1.82) is 0 Å². The molecule has 1 aliphatic heterocycles. The summed E-state index contributed by atoms with van der Waals surface area (Å²) in [6.45, 7) is 4.25. The lowest BCUT2D eigenvalue weighted by atomic mass is 9.98. The molecule has 0 aromatic carbocycles. The average molecular weight is 436 g/mol. The van der Waals surface area contributed by atoms with Gasteiger partial charge < -0.3 is 38.3 Å². The molecule has 0 radical (unpaired) electrons. The topological polar surface area (TPSA) is 153 Å². The maximum absolute atomic E-state index is 11.7. The normalized spacial score (nSPS) is 25.8. The highest BCUT2D eigenvalue weighted by Gasteiger charge is 2.52. The van der Waals surface area contributed by atoms with Crippen LogP contribution in [0.5, 0.6) is 0 Å². The van der Waals surface area contributed by atoms with Crippen molar-refractivity contribution in [2.24, 2.45) is 0 Å². The van der Waals surface area contributed by atoms with Crippen molar-refractivity contribution in [3.8, 4) is 0 Å². The fourth-order valence-corrected chi connectivity index (χ4v) is 2.71. The maximum Gasteiger partial charge on any atom is 0.303 e. The minimum absolute atomic E-state index is 0.0201. The quantitative estimate of drug-likeness (QED) is 0.242. The molecule has 0 bridgehead atoms. The highest BCUT2D eigenvalue weighted by atomic mass is 16.7. The molecule has 1 aliphatic rings. The number of hydrogen-bond acceptors (Lipinski definition) is 12. The van der Waals surface area contributed by atoms with Crippen molar-refractivity contribution in [3.05, 3.63) is 0 Å². The van der Waals surface area contributed by atoms with Gasteiger partial charge in [0, 0.05) is 27.7 Å². The Morgan fingerprint density at radius 1 is 0.767 bits per heavy atom. The third-order valence-corrected chi connectivity index (χ3v) is 3.69. The van der Waals surface area contributed by atoms with Crippen LogP contribution >= 0.6 is 0 Å². The Kier molecular flexibility index (Phi) is 11.3. The second kappa shape index (κ2) is 13.1. The van der Waals surface area contributed by atoms with Crippen molar-refractivity contribution in [2.75, 3.05) is 33.0 Å². The highest BCUT2D eigenvalue weighted by Crippen LogP contribution is 2.29.